The van der Waals surface area contributed by atoms with E-state index in [9.17, 15) is 50.4 Å². The van der Waals surface area contributed by atoms with E-state index in [0.717, 1.165) is 26.0 Å². The predicted octanol–water partition coefficient (Wildman–Crippen LogP) is -2.54. The Labute approximate surface area is 193 Å². The number of aliphatic hydroxyl groups excluding tert-OH is 4. The summed E-state index contributed by atoms with van der Waals surface area (Å²) >= 11 is 0. The lowest BCUT2D eigenvalue weighted by molar-refractivity contribution is -0.326. The number of carbonyl (C=O) groups excluding carboxylic acids is 2. The summed E-state index contributed by atoms with van der Waals surface area (Å²) < 4.78 is 20.6. The molecule has 14 heteroatoms. The molecule has 1 aromatic carbocycles. The SMILES string of the molecule is CC(=O)OC[C@@H](O[C@@H]1O[C@H](COC(=O)c2cc(O)c(O)c(O)c2)[C@@H](O)[C@H](O)[C@H]1O)[C@@](C)(O)CO. The number of aliphatic hydroxyl groups is 5. The van der Waals surface area contributed by atoms with Crippen LogP contribution in [0.2, 0.25) is 0 Å². The second kappa shape index (κ2) is 11.1. The molecule has 0 bridgehead atoms. The van der Waals surface area contributed by atoms with E-state index < -0.39 is 91.4 Å². The standard InChI is InChI=1S/C20H28O14/c1-8(22)31-6-13(20(2,30)7-21)34-19-17(28)16(27)15(26)12(33-19)5-32-18(29)9-3-10(23)14(25)11(24)4-9/h3-4,12-13,15-17,19,21,23-28,30H,5-7H2,1-2H3/t12-,13-,15-,16+,17-,19+,20+/m1/s1. The summed E-state index contributed by atoms with van der Waals surface area (Å²) in [6.45, 7) is 0.164. The third-order valence-electron chi connectivity index (χ3n) is 5.10. The topological polar surface area (TPSA) is 233 Å². The number of phenolic OH excluding ortho intramolecular Hbond substituents is 3. The van der Waals surface area contributed by atoms with Gasteiger partial charge in [-0.15, -0.1) is 0 Å². The fourth-order valence-electron chi connectivity index (χ4n) is 2.95. The van der Waals surface area contributed by atoms with Crippen LogP contribution in [0.3, 0.4) is 0 Å². The Bertz CT molecular complexity index is 848. The highest BCUT2D eigenvalue weighted by Crippen LogP contribution is 2.35. The smallest absolute Gasteiger partial charge is 0.338 e. The van der Waals surface area contributed by atoms with Crippen LogP contribution in [0.25, 0.3) is 0 Å². The van der Waals surface area contributed by atoms with Gasteiger partial charge in [0.25, 0.3) is 0 Å². The van der Waals surface area contributed by atoms with E-state index in [4.69, 9.17) is 18.9 Å². The summed E-state index contributed by atoms with van der Waals surface area (Å²) in [4.78, 5) is 23.3. The average molecular weight is 492 g/mol. The number of phenols is 3. The first kappa shape index (κ1) is 27.5. The number of hydrogen-bond acceptors (Lipinski definition) is 14. The number of aromatic hydroxyl groups is 3. The van der Waals surface area contributed by atoms with Gasteiger partial charge in [-0.25, -0.2) is 4.79 Å². The summed E-state index contributed by atoms with van der Waals surface area (Å²) in [6, 6.07) is 1.63. The van der Waals surface area contributed by atoms with Crippen LogP contribution < -0.4 is 0 Å². The molecule has 0 unspecified atom stereocenters. The van der Waals surface area contributed by atoms with Gasteiger partial charge < -0.3 is 59.8 Å². The molecule has 0 aliphatic carbocycles. The van der Waals surface area contributed by atoms with E-state index in [1.165, 1.54) is 0 Å². The Morgan fingerprint density at radius 2 is 1.65 bits per heavy atom. The summed E-state index contributed by atoms with van der Waals surface area (Å²) in [5.41, 5.74) is -2.32. The molecule has 34 heavy (non-hydrogen) atoms. The van der Waals surface area contributed by atoms with Gasteiger partial charge in [0.05, 0.1) is 12.2 Å². The molecule has 14 nitrogen and oxygen atoms in total. The molecule has 7 atom stereocenters. The van der Waals surface area contributed by atoms with Gasteiger partial charge in [-0.1, -0.05) is 0 Å². The maximum absolute atomic E-state index is 12.2. The van der Waals surface area contributed by atoms with Gasteiger partial charge in [-0.2, -0.15) is 0 Å². The van der Waals surface area contributed by atoms with Crippen LogP contribution in [0.1, 0.15) is 24.2 Å². The van der Waals surface area contributed by atoms with Gasteiger partial charge in [0.1, 0.15) is 49.3 Å². The minimum atomic E-state index is -1.97. The van der Waals surface area contributed by atoms with Crippen LogP contribution >= 0.6 is 0 Å². The van der Waals surface area contributed by atoms with Crippen molar-refractivity contribution in [2.45, 2.75) is 56.3 Å². The Balaban J connectivity index is 2.12. The maximum Gasteiger partial charge on any atom is 0.338 e. The van der Waals surface area contributed by atoms with E-state index in [0.29, 0.717) is 0 Å². The van der Waals surface area contributed by atoms with E-state index in [-0.39, 0.29) is 5.56 Å². The molecule has 0 aromatic heterocycles. The van der Waals surface area contributed by atoms with Crippen LogP contribution in [0.4, 0.5) is 0 Å². The summed E-state index contributed by atoms with van der Waals surface area (Å²) in [5, 5.41) is 78.7. The van der Waals surface area contributed by atoms with Crippen LogP contribution in [0.5, 0.6) is 17.2 Å². The highest BCUT2D eigenvalue weighted by atomic mass is 16.7. The van der Waals surface area contributed by atoms with Gasteiger partial charge in [0, 0.05) is 6.92 Å². The molecule has 1 aliphatic rings. The summed E-state index contributed by atoms with van der Waals surface area (Å²) in [7, 11) is 0. The molecule has 1 fully saturated rings. The number of esters is 2. The van der Waals surface area contributed by atoms with Crippen molar-refractivity contribution in [3.05, 3.63) is 17.7 Å². The zero-order chi connectivity index (χ0) is 25.8. The van der Waals surface area contributed by atoms with Crippen molar-refractivity contribution >= 4 is 11.9 Å². The fraction of sp³-hybridized carbons (Fsp3) is 0.600. The molecular formula is C20H28O14. The summed E-state index contributed by atoms with van der Waals surface area (Å²) in [5.74, 6) is -4.25. The van der Waals surface area contributed by atoms with Gasteiger partial charge in [0.15, 0.2) is 23.5 Å². The number of carbonyl (C=O) groups is 2. The van der Waals surface area contributed by atoms with Crippen LogP contribution in [0, 0.1) is 0 Å². The molecule has 0 radical (unpaired) electrons. The molecule has 8 N–H and O–H groups in total. The number of ether oxygens (including phenoxy) is 4. The quantitative estimate of drug-likeness (QED) is 0.131. The molecular weight excluding hydrogens is 464 g/mol. The van der Waals surface area contributed by atoms with Crippen LogP contribution in [-0.2, 0) is 23.7 Å². The Morgan fingerprint density at radius 1 is 1.06 bits per heavy atom. The molecule has 1 saturated heterocycles. The molecule has 0 spiro atoms. The summed E-state index contributed by atoms with van der Waals surface area (Å²) in [6.07, 6.45) is -10.1. The molecule has 0 amide bonds. The lowest BCUT2D eigenvalue weighted by Crippen LogP contribution is -2.61. The van der Waals surface area contributed by atoms with E-state index in [1.54, 1.807) is 0 Å². The second-order valence-electron chi connectivity index (χ2n) is 7.92. The van der Waals surface area contributed by atoms with Gasteiger partial charge >= 0.3 is 11.9 Å². The van der Waals surface area contributed by atoms with E-state index in [1.807, 2.05) is 0 Å². The maximum atomic E-state index is 12.2. The Kier molecular flexibility index (Phi) is 9.02. The third-order valence-corrected chi connectivity index (χ3v) is 5.10. The van der Waals surface area contributed by atoms with Gasteiger partial charge in [-0.3, -0.25) is 4.79 Å². The second-order valence-corrected chi connectivity index (χ2v) is 7.92. The Morgan fingerprint density at radius 3 is 2.18 bits per heavy atom. The molecule has 1 aliphatic heterocycles. The third kappa shape index (κ3) is 6.44. The van der Waals surface area contributed by atoms with E-state index in [2.05, 4.69) is 0 Å². The Hall–Kier alpha value is -2.72. The molecule has 0 saturated carbocycles. The lowest BCUT2D eigenvalue weighted by Gasteiger charge is -2.42. The first-order valence-electron chi connectivity index (χ1n) is 10.0. The molecule has 1 aromatic rings. The van der Waals surface area contributed by atoms with Crippen LogP contribution in [-0.4, -0.2) is 115 Å². The van der Waals surface area contributed by atoms with E-state index >= 15 is 0 Å². The zero-order valence-electron chi connectivity index (χ0n) is 18.3. The van der Waals surface area contributed by atoms with Crippen molar-refractivity contribution in [3.8, 4) is 17.2 Å². The van der Waals surface area contributed by atoms with Crippen molar-refractivity contribution < 1.29 is 69.4 Å². The van der Waals surface area contributed by atoms with Crippen molar-refractivity contribution in [2.75, 3.05) is 19.8 Å². The molecule has 192 valence electrons. The molecule has 1 heterocycles. The van der Waals surface area contributed by atoms with Gasteiger partial charge in [0.2, 0.25) is 0 Å². The van der Waals surface area contributed by atoms with Crippen molar-refractivity contribution in [1.29, 1.82) is 0 Å². The zero-order valence-corrected chi connectivity index (χ0v) is 18.3. The monoisotopic (exact) mass is 492 g/mol. The highest BCUT2D eigenvalue weighted by Gasteiger charge is 2.47. The van der Waals surface area contributed by atoms with Crippen molar-refractivity contribution in [1.82, 2.24) is 0 Å². The van der Waals surface area contributed by atoms with Crippen molar-refractivity contribution in [3.63, 3.8) is 0 Å². The minimum absolute atomic E-state index is 0.355. The highest BCUT2D eigenvalue weighted by molar-refractivity contribution is 5.91. The number of benzene rings is 1. The minimum Gasteiger partial charge on any atom is -0.504 e. The molecule has 2 rings (SSSR count). The lowest BCUT2D eigenvalue weighted by atomic mass is 9.98. The largest absolute Gasteiger partial charge is 0.504 e. The van der Waals surface area contributed by atoms with Crippen molar-refractivity contribution in [2.24, 2.45) is 0 Å². The normalized spacial score (nSPS) is 27.4. The van der Waals surface area contributed by atoms with Crippen LogP contribution in [0.15, 0.2) is 12.1 Å². The first-order chi connectivity index (χ1) is 15.8. The number of rotatable bonds is 9. The average Bonchev–Trinajstić information content (AvgIpc) is 2.78. The predicted molar refractivity (Wildman–Crippen MR) is 108 cm³/mol. The number of hydrogen-bond donors (Lipinski definition) is 8. The van der Waals surface area contributed by atoms with Gasteiger partial charge in [-0.05, 0) is 19.1 Å². The fourth-order valence-corrected chi connectivity index (χ4v) is 2.95. The first-order valence-corrected chi connectivity index (χ1v) is 10.0.